The van der Waals surface area contributed by atoms with Crippen LogP contribution in [0, 0.1) is 5.92 Å². The van der Waals surface area contributed by atoms with Gasteiger partial charge in [-0.3, -0.25) is 5.32 Å². The molecule has 2 aliphatic carbocycles. The first kappa shape index (κ1) is 5.69. The lowest BCUT2D eigenvalue weighted by atomic mass is 10.3. The Labute approximate surface area is 55.8 Å². The van der Waals surface area contributed by atoms with Gasteiger partial charge in [0.1, 0.15) is 0 Å². The summed E-state index contributed by atoms with van der Waals surface area (Å²) in [5.74, 6) is 0.811. The molecule has 3 N–H and O–H groups in total. The minimum atomic E-state index is 0.317. The molecule has 2 nitrogen and oxygen atoms in total. The lowest BCUT2D eigenvalue weighted by Crippen LogP contribution is -2.40. The van der Waals surface area contributed by atoms with Crippen molar-refractivity contribution in [1.29, 1.82) is 0 Å². The molecule has 52 valence electrons. The second-order valence-electron chi connectivity index (χ2n) is 3.30. The van der Waals surface area contributed by atoms with E-state index in [1.165, 1.54) is 25.7 Å². The van der Waals surface area contributed by atoms with Crippen LogP contribution >= 0.6 is 0 Å². The fourth-order valence-corrected chi connectivity index (χ4v) is 1.11. The van der Waals surface area contributed by atoms with Crippen molar-refractivity contribution in [2.24, 2.45) is 11.7 Å². The Bertz CT molecular complexity index is 105. The summed E-state index contributed by atoms with van der Waals surface area (Å²) in [5.41, 5.74) is 5.81. The average Bonchev–Trinajstić information content (AvgIpc) is 2.62. The summed E-state index contributed by atoms with van der Waals surface area (Å²) in [7, 11) is 0. The molecule has 9 heavy (non-hydrogen) atoms. The van der Waals surface area contributed by atoms with Gasteiger partial charge in [-0.15, -0.1) is 0 Å². The van der Waals surface area contributed by atoms with Gasteiger partial charge >= 0.3 is 0 Å². The van der Waals surface area contributed by atoms with E-state index in [-0.39, 0.29) is 0 Å². The number of nitrogens with two attached hydrogens (primary N) is 1. The Morgan fingerprint density at radius 1 is 1.22 bits per heavy atom. The Hall–Kier alpha value is -0.0800. The van der Waals surface area contributed by atoms with Gasteiger partial charge in [0.05, 0.1) is 6.17 Å². The Balaban J connectivity index is 1.69. The van der Waals surface area contributed by atoms with E-state index in [4.69, 9.17) is 5.73 Å². The van der Waals surface area contributed by atoms with E-state index in [0.717, 1.165) is 12.0 Å². The summed E-state index contributed by atoms with van der Waals surface area (Å²) >= 11 is 0. The van der Waals surface area contributed by atoms with Gasteiger partial charge in [-0.2, -0.15) is 0 Å². The number of hydrogen-bond acceptors (Lipinski definition) is 2. The standard InChI is InChI=1S/C7H14N2/c8-7(5-1-2-5)9-6-3-4-6/h5-7,9H,1-4,8H2. The SMILES string of the molecule is NC(NC1CC1)C1CC1. The van der Waals surface area contributed by atoms with E-state index in [1.807, 2.05) is 0 Å². The Morgan fingerprint density at radius 2 is 1.89 bits per heavy atom. The predicted molar refractivity (Wildman–Crippen MR) is 36.9 cm³/mol. The first-order valence-corrected chi connectivity index (χ1v) is 3.88. The van der Waals surface area contributed by atoms with Crippen molar-refractivity contribution in [3.05, 3.63) is 0 Å². The highest BCUT2D eigenvalue weighted by atomic mass is 15.1. The molecule has 0 amide bonds. The van der Waals surface area contributed by atoms with E-state index >= 15 is 0 Å². The van der Waals surface area contributed by atoms with E-state index in [0.29, 0.717) is 6.17 Å². The summed E-state index contributed by atoms with van der Waals surface area (Å²) in [4.78, 5) is 0. The monoisotopic (exact) mass is 126 g/mol. The van der Waals surface area contributed by atoms with Crippen LogP contribution in [0.15, 0.2) is 0 Å². The Kier molecular flexibility index (Phi) is 1.24. The summed E-state index contributed by atoms with van der Waals surface area (Å²) in [6, 6.07) is 0.778. The minimum Gasteiger partial charge on any atom is -0.316 e. The van der Waals surface area contributed by atoms with Crippen molar-refractivity contribution < 1.29 is 0 Å². The number of nitrogens with one attached hydrogen (secondary N) is 1. The molecular formula is C7H14N2. The second kappa shape index (κ2) is 1.96. The molecule has 0 heterocycles. The highest BCUT2D eigenvalue weighted by molar-refractivity contribution is 4.89. The molecule has 1 atom stereocenters. The van der Waals surface area contributed by atoms with E-state index < -0.39 is 0 Å². The van der Waals surface area contributed by atoms with Crippen LogP contribution in [-0.2, 0) is 0 Å². The predicted octanol–water partition coefficient (Wildman–Crippen LogP) is 0.433. The molecule has 0 bridgehead atoms. The van der Waals surface area contributed by atoms with Crippen molar-refractivity contribution in [2.75, 3.05) is 0 Å². The molecule has 0 aliphatic heterocycles. The van der Waals surface area contributed by atoms with Crippen LogP contribution in [0.2, 0.25) is 0 Å². The molecule has 2 rings (SSSR count). The summed E-state index contributed by atoms with van der Waals surface area (Å²) in [6.07, 6.45) is 5.71. The average molecular weight is 126 g/mol. The van der Waals surface area contributed by atoms with E-state index in [2.05, 4.69) is 5.32 Å². The van der Waals surface area contributed by atoms with Crippen molar-refractivity contribution >= 4 is 0 Å². The van der Waals surface area contributed by atoms with Gasteiger partial charge in [0.25, 0.3) is 0 Å². The van der Waals surface area contributed by atoms with Crippen molar-refractivity contribution in [3.8, 4) is 0 Å². The molecule has 0 aromatic carbocycles. The first-order valence-electron chi connectivity index (χ1n) is 3.88. The maximum atomic E-state index is 5.81. The second-order valence-corrected chi connectivity index (χ2v) is 3.30. The third-order valence-electron chi connectivity index (χ3n) is 2.14. The molecule has 0 saturated heterocycles. The maximum Gasteiger partial charge on any atom is 0.0577 e. The topological polar surface area (TPSA) is 38.0 Å². The Morgan fingerprint density at radius 3 is 2.33 bits per heavy atom. The lowest BCUT2D eigenvalue weighted by Gasteiger charge is -2.10. The van der Waals surface area contributed by atoms with Gasteiger partial charge in [-0.25, -0.2) is 0 Å². The normalized spacial score (nSPS) is 30.3. The van der Waals surface area contributed by atoms with Gasteiger partial charge in [-0.05, 0) is 31.6 Å². The van der Waals surface area contributed by atoms with Crippen molar-refractivity contribution in [2.45, 2.75) is 37.9 Å². The van der Waals surface area contributed by atoms with Crippen LogP contribution in [-0.4, -0.2) is 12.2 Å². The zero-order chi connectivity index (χ0) is 6.27. The van der Waals surface area contributed by atoms with E-state index in [9.17, 15) is 0 Å². The molecule has 2 fully saturated rings. The fourth-order valence-electron chi connectivity index (χ4n) is 1.11. The van der Waals surface area contributed by atoms with Crippen LogP contribution in [0.4, 0.5) is 0 Å². The third kappa shape index (κ3) is 1.43. The molecule has 0 radical (unpaired) electrons. The highest BCUT2D eigenvalue weighted by Crippen LogP contribution is 2.32. The van der Waals surface area contributed by atoms with E-state index in [1.54, 1.807) is 0 Å². The van der Waals surface area contributed by atoms with Crippen LogP contribution < -0.4 is 11.1 Å². The van der Waals surface area contributed by atoms with Crippen LogP contribution in [0.1, 0.15) is 25.7 Å². The molecule has 2 aliphatic rings. The molecule has 2 heteroatoms. The minimum absolute atomic E-state index is 0.317. The van der Waals surface area contributed by atoms with Gasteiger partial charge in [0, 0.05) is 6.04 Å². The molecule has 0 spiro atoms. The van der Waals surface area contributed by atoms with Gasteiger partial charge in [-0.1, -0.05) is 0 Å². The van der Waals surface area contributed by atoms with Crippen LogP contribution in [0.25, 0.3) is 0 Å². The van der Waals surface area contributed by atoms with Crippen LogP contribution in [0.3, 0.4) is 0 Å². The smallest absolute Gasteiger partial charge is 0.0577 e. The summed E-state index contributed by atoms with van der Waals surface area (Å²) in [5, 5.41) is 3.39. The van der Waals surface area contributed by atoms with Crippen LogP contribution in [0.5, 0.6) is 0 Å². The fraction of sp³-hybridized carbons (Fsp3) is 1.00. The third-order valence-corrected chi connectivity index (χ3v) is 2.14. The van der Waals surface area contributed by atoms with Crippen molar-refractivity contribution in [3.63, 3.8) is 0 Å². The molecule has 0 aromatic heterocycles. The maximum absolute atomic E-state index is 5.81. The largest absolute Gasteiger partial charge is 0.316 e. The zero-order valence-electron chi connectivity index (χ0n) is 5.64. The van der Waals surface area contributed by atoms with Gasteiger partial charge < -0.3 is 5.73 Å². The highest BCUT2D eigenvalue weighted by Gasteiger charge is 2.32. The molecule has 2 saturated carbocycles. The zero-order valence-corrected chi connectivity index (χ0v) is 5.64. The molecule has 0 aromatic rings. The van der Waals surface area contributed by atoms with Gasteiger partial charge in [0.2, 0.25) is 0 Å². The first-order chi connectivity index (χ1) is 4.36. The number of hydrogen-bond donors (Lipinski definition) is 2. The molecule has 1 unspecified atom stereocenters. The van der Waals surface area contributed by atoms with Gasteiger partial charge in [0.15, 0.2) is 0 Å². The quantitative estimate of drug-likeness (QED) is 0.538. The van der Waals surface area contributed by atoms with Crippen molar-refractivity contribution in [1.82, 2.24) is 5.32 Å². The summed E-state index contributed by atoms with van der Waals surface area (Å²) in [6.45, 7) is 0. The molecular weight excluding hydrogens is 112 g/mol. The lowest BCUT2D eigenvalue weighted by molar-refractivity contribution is 0.474. The number of rotatable bonds is 3. The summed E-state index contributed by atoms with van der Waals surface area (Å²) < 4.78 is 0.